The van der Waals surface area contributed by atoms with Crippen LogP contribution in [0, 0.1) is 6.92 Å². The molecule has 0 atom stereocenters. The molecule has 0 spiro atoms. The van der Waals surface area contributed by atoms with Crippen LogP contribution in [0.15, 0.2) is 47.4 Å². The average molecular weight is 421 g/mol. The highest BCUT2D eigenvalue weighted by Crippen LogP contribution is 2.28. The number of nitrogens with zero attached hydrogens (tertiary/aromatic N) is 2. The predicted octanol–water partition coefficient (Wildman–Crippen LogP) is 2.40. The van der Waals surface area contributed by atoms with Crippen LogP contribution in [-0.4, -0.2) is 71.2 Å². The maximum Gasteiger partial charge on any atom is 0.246 e. The van der Waals surface area contributed by atoms with E-state index in [1.54, 1.807) is 19.2 Å². The topological polar surface area (TPSA) is 68.3 Å². The molecule has 158 valence electrons. The molecule has 8 heteroatoms. The molecule has 2 aromatic rings. The molecule has 3 rings (SSSR count). The number of methoxy groups -OCH3 is 2. The third-order valence-corrected chi connectivity index (χ3v) is 6.92. The average Bonchev–Trinajstić information content (AvgIpc) is 2.74. The van der Waals surface area contributed by atoms with Crippen LogP contribution >= 0.6 is 0 Å². The van der Waals surface area contributed by atoms with Crippen LogP contribution in [0.3, 0.4) is 0 Å². The van der Waals surface area contributed by atoms with Gasteiger partial charge in [-0.2, -0.15) is 4.31 Å². The summed E-state index contributed by atoms with van der Waals surface area (Å²) in [7, 11) is -0.462. The van der Waals surface area contributed by atoms with Crippen molar-refractivity contribution < 1.29 is 22.6 Å². The Morgan fingerprint density at radius 2 is 1.55 bits per heavy atom. The molecule has 0 bridgehead atoms. The minimum Gasteiger partial charge on any atom is -0.497 e. The number of hydrogen-bond donors (Lipinski definition) is 0. The molecule has 7 nitrogen and oxygen atoms in total. The maximum atomic E-state index is 13.1. The second-order valence-corrected chi connectivity index (χ2v) is 8.83. The van der Waals surface area contributed by atoms with E-state index in [1.165, 1.54) is 11.4 Å². The largest absolute Gasteiger partial charge is 0.497 e. The fourth-order valence-corrected chi connectivity index (χ4v) is 4.95. The van der Waals surface area contributed by atoms with Crippen molar-refractivity contribution in [3.8, 4) is 17.2 Å². The summed E-state index contributed by atoms with van der Waals surface area (Å²) in [5.41, 5.74) is 0.888. The lowest BCUT2D eigenvalue weighted by atomic mass is 10.2. The molecule has 1 saturated heterocycles. The van der Waals surface area contributed by atoms with Gasteiger partial charge in [0.25, 0.3) is 0 Å². The van der Waals surface area contributed by atoms with Crippen molar-refractivity contribution in [2.45, 2.75) is 11.8 Å². The number of piperazine rings is 1. The first-order valence-corrected chi connectivity index (χ1v) is 11.0. The number of hydrogen-bond acceptors (Lipinski definition) is 6. The monoisotopic (exact) mass is 420 g/mol. The highest BCUT2D eigenvalue weighted by atomic mass is 32.2. The summed E-state index contributed by atoms with van der Waals surface area (Å²) in [4.78, 5) is 2.44. The van der Waals surface area contributed by atoms with E-state index in [1.807, 2.05) is 37.3 Å². The van der Waals surface area contributed by atoms with Gasteiger partial charge in [-0.3, -0.25) is 4.90 Å². The van der Waals surface area contributed by atoms with Crippen LogP contribution in [0.1, 0.15) is 5.56 Å². The molecule has 0 aromatic heterocycles. The zero-order chi connectivity index (χ0) is 20.9. The van der Waals surface area contributed by atoms with Crippen LogP contribution in [0.25, 0.3) is 0 Å². The minimum atomic E-state index is -3.58. The Bertz CT molecular complexity index is 907. The lowest BCUT2D eigenvalue weighted by Gasteiger charge is -2.34. The predicted molar refractivity (Wildman–Crippen MR) is 111 cm³/mol. The van der Waals surface area contributed by atoms with Gasteiger partial charge in [-0.25, -0.2) is 8.42 Å². The Morgan fingerprint density at radius 3 is 2.17 bits per heavy atom. The first kappa shape index (κ1) is 21.4. The first-order valence-electron chi connectivity index (χ1n) is 9.58. The van der Waals surface area contributed by atoms with E-state index < -0.39 is 10.0 Å². The van der Waals surface area contributed by atoms with Gasteiger partial charge in [0.2, 0.25) is 10.0 Å². The smallest absolute Gasteiger partial charge is 0.246 e. The molecule has 1 aliphatic heterocycles. The van der Waals surface area contributed by atoms with Crippen molar-refractivity contribution in [1.82, 2.24) is 9.21 Å². The molecule has 0 N–H and O–H groups in total. The molecule has 1 fully saturated rings. The van der Waals surface area contributed by atoms with Crippen molar-refractivity contribution in [3.63, 3.8) is 0 Å². The quantitative estimate of drug-likeness (QED) is 0.653. The van der Waals surface area contributed by atoms with E-state index in [2.05, 4.69) is 4.90 Å². The summed E-state index contributed by atoms with van der Waals surface area (Å²) in [5.74, 6) is 1.96. The number of sulfonamides is 1. The highest BCUT2D eigenvalue weighted by molar-refractivity contribution is 7.89. The normalized spacial score (nSPS) is 15.8. The van der Waals surface area contributed by atoms with Crippen LogP contribution in [0.2, 0.25) is 0 Å². The summed E-state index contributed by atoms with van der Waals surface area (Å²) in [5, 5.41) is 0. The van der Waals surface area contributed by atoms with Crippen molar-refractivity contribution in [1.29, 1.82) is 0 Å². The van der Waals surface area contributed by atoms with Gasteiger partial charge in [-0.05, 0) is 48.9 Å². The van der Waals surface area contributed by atoms with Gasteiger partial charge in [-0.15, -0.1) is 0 Å². The van der Waals surface area contributed by atoms with Crippen molar-refractivity contribution in [3.05, 3.63) is 48.0 Å². The fraction of sp³-hybridized carbons (Fsp3) is 0.429. The summed E-state index contributed by atoms with van der Waals surface area (Å²) >= 11 is 0. The Balaban J connectivity index is 1.52. The third kappa shape index (κ3) is 5.20. The van der Waals surface area contributed by atoms with Gasteiger partial charge in [-0.1, -0.05) is 6.07 Å². The summed E-state index contributed by atoms with van der Waals surface area (Å²) in [6.07, 6.45) is 0. The summed E-state index contributed by atoms with van der Waals surface area (Å²) in [6.45, 7) is 5.39. The molecule has 1 aliphatic rings. The minimum absolute atomic E-state index is 0.233. The van der Waals surface area contributed by atoms with E-state index in [9.17, 15) is 8.42 Å². The molecule has 1 heterocycles. The van der Waals surface area contributed by atoms with E-state index in [0.717, 1.165) is 23.6 Å². The standard InChI is InChI=1S/C21H28N2O5S/c1-17-4-9-20(27-3)21(16-17)29(24,25)23-12-10-22(11-13-23)14-15-28-19-7-5-18(26-2)6-8-19/h4-9,16H,10-15H2,1-3H3. The van der Waals surface area contributed by atoms with Crippen molar-refractivity contribution >= 4 is 10.0 Å². The SMILES string of the molecule is COc1ccc(OCCN2CCN(S(=O)(=O)c3cc(C)ccc3OC)CC2)cc1. The molecule has 0 saturated carbocycles. The highest BCUT2D eigenvalue weighted by Gasteiger charge is 2.30. The van der Waals surface area contributed by atoms with Crippen molar-refractivity contribution in [2.24, 2.45) is 0 Å². The zero-order valence-electron chi connectivity index (χ0n) is 17.1. The molecular weight excluding hydrogens is 392 g/mol. The maximum absolute atomic E-state index is 13.1. The molecule has 29 heavy (non-hydrogen) atoms. The summed E-state index contributed by atoms with van der Waals surface area (Å²) in [6, 6.07) is 12.7. The second-order valence-electron chi connectivity index (χ2n) is 6.92. The summed E-state index contributed by atoms with van der Waals surface area (Å²) < 4.78 is 43.8. The zero-order valence-corrected chi connectivity index (χ0v) is 17.9. The Morgan fingerprint density at radius 1 is 0.897 bits per heavy atom. The number of aryl methyl sites for hydroxylation is 1. The molecule has 0 amide bonds. The molecule has 0 unspecified atom stereocenters. The molecular formula is C21H28N2O5S. The van der Waals surface area contributed by atoms with Crippen molar-refractivity contribution in [2.75, 3.05) is 53.6 Å². The van der Waals surface area contributed by atoms with Gasteiger partial charge < -0.3 is 14.2 Å². The van der Waals surface area contributed by atoms with Gasteiger partial charge in [0, 0.05) is 32.7 Å². The molecule has 0 aliphatic carbocycles. The van der Waals surface area contributed by atoms with E-state index in [0.29, 0.717) is 38.5 Å². The number of benzene rings is 2. The molecule has 0 radical (unpaired) electrons. The van der Waals surface area contributed by atoms with Gasteiger partial charge in [0.15, 0.2) is 0 Å². The van der Waals surface area contributed by atoms with Gasteiger partial charge >= 0.3 is 0 Å². The lowest BCUT2D eigenvalue weighted by Crippen LogP contribution is -2.49. The van der Waals surface area contributed by atoms with Crippen LogP contribution in [-0.2, 0) is 10.0 Å². The van der Waals surface area contributed by atoms with E-state index >= 15 is 0 Å². The number of rotatable bonds is 8. The number of ether oxygens (including phenoxy) is 3. The Hall–Kier alpha value is -2.29. The first-order chi connectivity index (χ1) is 13.9. The van der Waals surface area contributed by atoms with Crippen LogP contribution in [0.5, 0.6) is 17.2 Å². The lowest BCUT2D eigenvalue weighted by molar-refractivity contribution is 0.158. The molecule has 2 aromatic carbocycles. The van der Waals surface area contributed by atoms with E-state index in [-0.39, 0.29) is 4.90 Å². The Labute approximate surface area is 172 Å². The van der Waals surface area contributed by atoms with E-state index in [4.69, 9.17) is 14.2 Å². The third-order valence-electron chi connectivity index (χ3n) is 5.00. The second kappa shape index (κ2) is 9.47. The van der Waals surface area contributed by atoms with Crippen LogP contribution < -0.4 is 14.2 Å². The van der Waals surface area contributed by atoms with Gasteiger partial charge in [0.1, 0.15) is 28.8 Å². The van der Waals surface area contributed by atoms with Gasteiger partial charge in [0.05, 0.1) is 14.2 Å². The van der Waals surface area contributed by atoms with Crippen LogP contribution in [0.4, 0.5) is 0 Å². The Kier molecular flexibility index (Phi) is 7.00. The fourth-order valence-electron chi connectivity index (χ4n) is 3.28.